The van der Waals surface area contributed by atoms with Crippen molar-refractivity contribution in [3.63, 3.8) is 0 Å². The third-order valence-electron chi connectivity index (χ3n) is 2.80. The second-order valence-electron chi connectivity index (χ2n) is 4.59. The number of nitrogens with one attached hydrogen (secondary N) is 1. The number of para-hydroxylation sites is 1. The molecule has 0 amide bonds. The van der Waals surface area contributed by atoms with E-state index in [0.717, 1.165) is 11.3 Å². The van der Waals surface area contributed by atoms with Crippen LogP contribution in [0.15, 0.2) is 42.6 Å². The summed E-state index contributed by atoms with van der Waals surface area (Å²) in [5, 5.41) is 7.42. The van der Waals surface area contributed by atoms with Gasteiger partial charge in [-0.2, -0.15) is 0 Å². The van der Waals surface area contributed by atoms with Gasteiger partial charge in [0.05, 0.1) is 0 Å². The molecule has 0 radical (unpaired) electrons. The maximum Gasteiger partial charge on any atom is 0.219 e. The molecule has 1 aromatic carbocycles. The van der Waals surface area contributed by atoms with E-state index in [1.54, 1.807) is 18.3 Å². The third kappa shape index (κ3) is 3.10. The van der Waals surface area contributed by atoms with Gasteiger partial charge in [-0.05, 0) is 23.6 Å². The Morgan fingerprint density at radius 1 is 1.26 bits per heavy atom. The predicted molar refractivity (Wildman–Crippen MR) is 75.9 cm³/mol. The van der Waals surface area contributed by atoms with E-state index in [1.165, 1.54) is 0 Å². The van der Waals surface area contributed by atoms with Gasteiger partial charge in [-0.3, -0.25) is 5.41 Å². The number of hydrogen-bond donors (Lipinski definition) is 2. The van der Waals surface area contributed by atoms with Crippen LogP contribution in [-0.4, -0.2) is 10.8 Å². The number of nitrogens with zero attached hydrogens (tertiary/aromatic N) is 1. The lowest BCUT2D eigenvalue weighted by Gasteiger charge is -2.13. The highest BCUT2D eigenvalue weighted by atomic mass is 16.5. The molecule has 0 saturated heterocycles. The van der Waals surface area contributed by atoms with E-state index in [-0.39, 0.29) is 5.84 Å². The Morgan fingerprint density at radius 2 is 2.00 bits per heavy atom. The average Bonchev–Trinajstić information content (AvgIpc) is 2.39. The minimum absolute atomic E-state index is 0.00407. The summed E-state index contributed by atoms with van der Waals surface area (Å²) in [5.74, 6) is 1.60. The fourth-order valence-corrected chi connectivity index (χ4v) is 1.80. The van der Waals surface area contributed by atoms with Crippen molar-refractivity contribution in [1.82, 2.24) is 4.98 Å². The zero-order valence-electron chi connectivity index (χ0n) is 11.1. The molecule has 0 unspecified atom stereocenters. The van der Waals surface area contributed by atoms with E-state index >= 15 is 0 Å². The number of benzene rings is 1. The Kier molecular flexibility index (Phi) is 3.80. The molecule has 4 nitrogen and oxygen atoms in total. The molecule has 2 aromatic rings. The fourth-order valence-electron chi connectivity index (χ4n) is 1.80. The number of amidine groups is 1. The van der Waals surface area contributed by atoms with Crippen LogP contribution < -0.4 is 10.5 Å². The lowest BCUT2D eigenvalue weighted by Crippen LogP contribution is -2.11. The Hall–Kier alpha value is -2.36. The van der Waals surface area contributed by atoms with Crippen molar-refractivity contribution in [3.8, 4) is 11.6 Å². The van der Waals surface area contributed by atoms with Crippen LogP contribution in [0.2, 0.25) is 0 Å². The summed E-state index contributed by atoms with van der Waals surface area (Å²) in [4.78, 5) is 4.14. The van der Waals surface area contributed by atoms with Crippen molar-refractivity contribution >= 4 is 5.84 Å². The highest BCUT2D eigenvalue weighted by Gasteiger charge is 2.09. The molecule has 0 aliphatic rings. The molecule has 0 saturated carbocycles. The minimum atomic E-state index is 0.00407. The van der Waals surface area contributed by atoms with Crippen LogP contribution in [0.1, 0.15) is 30.9 Å². The summed E-state index contributed by atoms with van der Waals surface area (Å²) < 4.78 is 5.80. The molecule has 98 valence electrons. The van der Waals surface area contributed by atoms with E-state index in [4.69, 9.17) is 15.9 Å². The van der Waals surface area contributed by atoms with Gasteiger partial charge in [-0.1, -0.05) is 32.0 Å². The van der Waals surface area contributed by atoms with Gasteiger partial charge in [0.25, 0.3) is 0 Å². The molecule has 0 aliphatic carbocycles. The predicted octanol–water partition coefficient (Wildman–Crippen LogP) is 3.28. The van der Waals surface area contributed by atoms with Crippen LogP contribution in [0, 0.1) is 5.41 Å². The monoisotopic (exact) mass is 255 g/mol. The van der Waals surface area contributed by atoms with Crippen molar-refractivity contribution in [2.24, 2.45) is 5.73 Å². The van der Waals surface area contributed by atoms with Crippen LogP contribution in [0.4, 0.5) is 0 Å². The van der Waals surface area contributed by atoms with Gasteiger partial charge in [0.1, 0.15) is 11.6 Å². The first-order valence-electron chi connectivity index (χ1n) is 6.15. The number of rotatable bonds is 4. The topological polar surface area (TPSA) is 72.0 Å². The van der Waals surface area contributed by atoms with E-state index in [1.807, 2.05) is 24.3 Å². The van der Waals surface area contributed by atoms with Crippen molar-refractivity contribution in [2.75, 3.05) is 0 Å². The molecular weight excluding hydrogens is 238 g/mol. The summed E-state index contributed by atoms with van der Waals surface area (Å²) in [6.45, 7) is 4.23. The third-order valence-corrected chi connectivity index (χ3v) is 2.80. The second kappa shape index (κ2) is 5.52. The van der Waals surface area contributed by atoms with Gasteiger partial charge >= 0.3 is 0 Å². The normalized spacial score (nSPS) is 10.5. The minimum Gasteiger partial charge on any atom is -0.439 e. The maximum atomic E-state index is 7.42. The number of pyridine rings is 1. The molecule has 2 rings (SSSR count). The SMILES string of the molecule is CC(C)c1ccccc1Oc1cc(C(=N)N)ccn1. The zero-order chi connectivity index (χ0) is 13.8. The average molecular weight is 255 g/mol. The van der Waals surface area contributed by atoms with Crippen molar-refractivity contribution in [1.29, 1.82) is 5.41 Å². The highest BCUT2D eigenvalue weighted by Crippen LogP contribution is 2.29. The number of ether oxygens (including phenoxy) is 1. The number of nitrogen functional groups attached to an aromatic ring is 1. The Labute approximate surface area is 112 Å². The van der Waals surface area contributed by atoms with Crippen LogP contribution in [0.25, 0.3) is 0 Å². The Morgan fingerprint density at radius 3 is 2.68 bits per heavy atom. The van der Waals surface area contributed by atoms with E-state index < -0.39 is 0 Å². The zero-order valence-corrected chi connectivity index (χ0v) is 11.1. The van der Waals surface area contributed by atoms with Gasteiger partial charge in [0.2, 0.25) is 5.88 Å². The van der Waals surface area contributed by atoms with E-state index in [0.29, 0.717) is 17.4 Å². The van der Waals surface area contributed by atoms with Crippen molar-refractivity contribution in [2.45, 2.75) is 19.8 Å². The molecule has 0 bridgehead atoms. The van der Waals surface area contributed by atoms with Gasteiger partial charge in [-0.15, -0.1) is 0 Å². The van der Waals surface area contributed by atoms with Crippen molar-refractivity contribution < 1.29 is 4.74 Å². The summed E-state index contributed by atoms with van der Waals surface area (Å²) in [5.41, 5.74) is 7.18. The molecule has 0 atom stereocenters. The number of aromatic nitrogens is 1. The summed E-state index contributed by atoms with van der Waals surface area (Å²) >= 11 is 0. The summed E-state index contributed by atoms with van der Waals surface area (Å²) in [7, 11) is 0. The van der Waals surface area contributed by atoms with E-state index in [9.17, 15) is 0 Å². The fraction of sp³-hybridized carbons (Fsp3) is 0.200. The van der Waals surface area contributed by atoms with E-state index in [2.05, 4.69) is 18.8 Å². The molecule has 1 aromatic heterocycles. The standard InChI is InChI=1S/C15H17N3O/c1-10(2)12-5-3-4-6-13(12)19-14-9-11(15(16)17)7-8-18-14/h3-10H,1-2H3,(H3,16,17). The van der Waals surface area contributed by atoms with Crippen LogP contribution >= 0.6 is 0 Å². The second-order valence-corrected chi connectivity index (χ2v) is 4.59. The molecule has 1 heterocycles. The first-order valence-corrected chi connectivity index (χ1v) is 6.15. The largest absolute Gasteiger partial charge is 0.439 e. The van der Waals surface area contributed by atoms with Gasteiger partial charge in [-0.25, -0.2) is 4.98 Å². The smallest absolute Gasteiger partial charge is 0.219 e. The van der Waals surface area contributed by atoms with Crippen LogP contribution in [0.3, 0.4) is 0 Å². The molecule has 19 heavy (non-hydrogen) atoms. The molecule has 3 N–H and O–H groups in total. The summed E-state index contributed by atoms with van der Waals surface area (Å²) in [6.07, 6.45) is 1.59. The van der Waals surface area contributed by atoms with Gasteiger partial charge in [0.15, 0.2) is 0 Å². The molecule has 0 fully saturated rings. The molecule has 0 spiro atoms. The highest BCUT2D eigenvalue weighted by molar-refractivity contribution is 5.95. The van der Waals surface area contributed by atoms with Gasteiger partial charge in [0, 0.05) is 17.8 Å². The maximum absolute atomic E-state index is 7.42. The first kappa shape index (κ1) is 13.1. The number of hydrogen-bond acceptors (Lipinski definition) is 3. The molecule has 0 aliphatic heterocycles. The Bertz CT molecular complexity index is 593. The Balaban J connectivity index is 2.31. The van der Waals surface area contributed by atoms with Crippen LogP contribution in [0.5, 0.6) is 11.6 Å². The molecule has 4 heteroatoms. The first-order chi connectivity index (χ1) is 9.08. The lowest BCUT2D eigenvalue weighted by atomic mass is 10.0. The van der Waals surface area contributed by atoms with Gasteiger partial charge < -0.3 is 10.5 Å². The van der Waals surface area contributed by atoms with Crippen LogP contribution in [-0.2, 0) is 0 Å². The summed E-state index contributed by atoms with van der Waals surface area (Å²) in [6, 6.07) is 11.2. The lowest BCUT2D eigenvalue weighted by molar-refractivity contribution is 0.454. The van der Waals surface area contributed by atoms with Crippen molar-refractivity contribution in [3.05, 3.63) is 53.7 Å². The number of nitrogens with two attached hydrogens (primary N) is 1. The quantitative estimate of drug-likeness (QED) is 0.650. The molecular formula is C15H17N3O.